The van der Waals surface area contributed by atoms with Crippen LogP contribution in [0.25, 0.3) is 17.0 Å². The normalized spacial score (nSPS) is 23.0. The zero-order valence-electron chi connectivity index (χ0n) is 17.5. The number of aryl methyl sites for hydroxylation is 1. The van der Waals surface area contributed by atoms with Gasteiger partial charge in [-0.2, -0.15) is 0 Å². The molecule has 2 aliphatic carbocycles. The first-order chi connectivity index (χ1) is 13.7. The second-order valence-corrected chi connectivity index (χ2v) is 11.3. The fourth-order valence-electron chi connectivity index (χ4n) is 5.61. The maximum atomic E-state index is 13.9. The molecule has 1 fully saturated rings. The monoisotopic (exact) mass is 405 g/mol. The van der Waals surface area contributed by atoms with E-state index in [1.165, 1.54) is 5.57 Å². The minimum Gasteiger partial charge on any atom is -0.236 e. The lowest BCUT2D eigenvalue weighted by Crippen LogP contribution is -2.37. The molecule has 1 atom stereocenters. The average Bonchev–Trinajstić information content (AvgIpc) is 3.16. The van der Waals surface area contributed by atoms with Crippen molar-refractivity contribution in [3.8, 4) is 0 Å². The molecule has 3 aromatic rings. The molecular weight excluding hydrogens is 378 g/mol. The van der Waals surface area contributed by atoms with Gasteiger partial charge in [0.25, 0.3) is 10.0 Å². The molecule has 0 unspecified atom stereocenters. The number of benzene rings is 2. The van der Waals surface area contributed by atoms with Crippen LogP contribution in [-0.4, -0.2) is 12.4 Å². The number of hydrogen-bond acceptors (Lipinski definition) is 2. The Labute approximate surface area is 173 Å². The number of hydrogen-bond donors (Lipinski definition) is 0. The van der Waals surface area contributed by atoms with E-state index < -0.39 is 10.0 Å². The predicted octanol–water partition coefficient (Wildman–Crippen LogP) is 6.05. The lowest BCUT2D eigenvalue weighted by atomic mass is 9.61. The van der Waals surface area contributed by atoms with Gasteiger partial charge < -0.3 is 0 Å². The molecule has 0 saturated heterocycles. The fraction of sp³-hybridized carbons (Fsp3) is 0.360. The molecule has 2 aromatic carbocycles. The highest BCUT2D eigenvalue weighted by Gasteiger charge is 2.50. The van der Waals surface area contributed by atoms with Gasteiger partial charge in [-0.25, -0.2) is 12.4 Å². The second-order valence-electron chi connectivity index (χ2n) is 9.49. The summed E-state index contributed by atoms with van der Waals surface area (Å²) < 4.78 is 29.4. The minimum absolute atomic E-state index is 0.0750. The van der Waals surface area contributed by atoms with Crippen molar-refractivity contribution in [1.29, 1.82) is 0 Å². The van der Waals surface area contributed by atoms with Crippen molar-refractivity contribution in [2.24, 2.45) is 5.41 Å². The van der Waals surface area contributed by atoms with Crippen molar-refractivity contribution in [3.05, 3.63) is 70.9 Å². The quantitative estimate of drug-likeness (QED) is 0.520. The Balaban J connectivity index is 1.86. The van der Waals surface area contributed by atoms with Crippen molar-refractivity contribution in [2.45, 2.75) is 57.3 Å². The van der Waals surface area contributed by atoms with Crippen LogP contribution in [-0.2, 0) is 15.4 Å². The first-order valence-corrected chi connectivity index (χ1v) is 11.8. The molecule has 2 aliphatic rings. The lowest BCUT2D eigenvalue weighted by Gasteiger charge is -2.44. The molecule has 0 N–H and O–H groups in total. The van der Waals surface area contributed by atoms with Crippen LogP contribution in [0.3, 0.4) is 0 Å². The average molecular weight is 406 g/mol. The number of aromatic nitrogens is 1. The van der Waals surface area contributed by atoms with Gasteiger partial charge in [0, 0.05) is 16.4 Å². The molecule has 0 radical (unpaired) electrons. The Hall–Kier alpha value is -2.33. The van der Waals surface area contributed by atoms with Crippen LogP contribution in [0, 0.1) is 12.3 Å². The Morgan fingerprint density at radius 3 is 2.34 bits per heavy atom. The van der Waals surface area contributed by atoms with Crippen LogP contribution in [0.1, 0.15) is 56.9 Å². The third kappa shape index (κ3) is 2.45. The van der Waals surface area contributed by atoms with Crippen molar-refractivity contribution < 1.29 is 8.42 Å². The van der Waals surface area contributed by atoms with Gasteiger partial charge in [0.05, 0.1) is 16.1 Å². The van der Waals surface area contributed by atoms with Crippen molar-refractivity contribution in [2.75, 3.05) is 0 Å². The molecule has 5 rings (SSSR count). The summed E-state index contributed by atoms with van der Waals surface area (Å²) in [4.78, 5) is 0.346. The molecule has 4 heteroatoms. The van der Waals surface area contributed by atoms with Crippen LogP contribution >= 0.6 is 0 Å². The maximum absolute atomic E-state index is 13.9. The Morgan fingerprint density at radius 1 is 0.931 bits per heavy atom. The highest BCUT2D eigenvalue weighted by molar-refractivity contribution is 7.90. The van der Waals surface area contributed by atoms with E-state index in [4.69, 9.17) is 0 Å². The summed E-state index contributed by atoms with van der Waals surface area (Å²) in [6.07, 6.45) is 5.51. The van der Waals surface area contributed by atoms with E-state index in [2.05, 4.69) is 32.9 Å². The van der Waals surface area contributed by atoms with Crippen LogP contribution in [0.2, 0.25) is 0 Å². The maximum Gasteiger partial charge on any atom is 0.268 e. The van der Waals surface area contributed by atoms with Crippen molar-refractivity contribution >= 4 is 27.0 Å². The molecule has 1 aromatic heterocycles. The van der Waals surface area contributed by atoms with Gasteiger partial charge in [-0.3, -0.25) is 0 Å². The molecule has 3 nitrogen and oxygen atoms in total. The third-order valence-corrected chi connectivity index (χ3v) is 8.77. The number of allylic oxidation sites excluding steroid dienone is 1. The summed E-state index contributed by atoms with van der Waals surface area (Å²) in [5.41, 5.74) is 5.06. The van der Waals surface area contributed by atoms with E-state index in [1.807, 2.05) is 37.3 Å². The third-order valence-electron chi connectivity index (χ3n) is 7.04. The molecular formula is C25H27NO2S. The first-order valence-electron chi connectivity index (χ1n) is 10.4. The Bertz CT molecular complexity index is 1280. The molecule has 1 saturated carbocycles. The predicted molar refractivity (Wildman–Crippen MR) is 119 cm³/mol. The summed E-state index contributed by atoms with van der Waals surface area (Å²) in [7, 11) is -3.71. The number of nitrogens with zero attached hydrogens (tertiary/aromatic N) is 1. The number of rotatable bonds is 2. The molecule has 1 heterocycles. The first kappa shape index (κ1) is 18.7. The van der Waals surface area contributed by atoms with Gasteiger partial charge in [0.1, 0.15) is 0 Å². The second kappa shape index (κ2) is 5.85. The van der Waals surface area contributed by atoms with Crippen LogP contribution in [0.4, 0.5) is 0 Å². The highest BCUT2D eigenvalue weighted by Crippen LogP contribution is 2.59. The van der Waals surface area contributed by atoms with E-state index >= 15 is 0 Å². The van der Waals surface area contributed by atoms with E-state index in [1.54, 1.807) is 16.1 Å². The summed E-state index contributed by atoms with van der Waals surface area (Å²) in [5.74, 6) is 0. The largest absolute Gasteiger partial charge is 0.268 e. The van der Waals surface area contributed by atoms with Gasteiger partial charge in [-0.05, 0) is 43.4 Å². The molecule has 0 aliphatic heterocycles. The molecule has 0 spiro atoms. The van der Waals surface area contributed by atoms with Crippen LogP contribution in [0.15, 0.2) is 59.0 Å². The van der Waals surface area contributed by atoms with Gasteiger partial charge >= 0.3 is 0 Å². The van der Waals surface area contributed by atoms with E-state index in [0.29, 0.717) is 4.90 Å². The van der Waals surface area contributed by atoms with E-state index in [-0.39, 0.29) is 10.8 Å². The van der Waals surface area contributed by atoms with Gasteiger partial charge in [0.2, 0.25) is 0 Å². The highest BCUT2D eigenvalue weighted by atomic mass is 32.2. The molecule has 29 heavy (non-hydrogen) atoms. The molecule has 0 amide bonds. The van der Waals surface area contributed by atoms with Crippen molar-refractivity contribution in [1.82, 2.24) is 3.97 Å². The topological polar surface area (TPSA) is 39.1 Å². The summed E-state index contributed by atoms with van der Waals surface area (Å²) >= 11 is 0. The minimum atomic E-state index is -3.71. The zero-order valence-corrected chi connectivity index (χ0v) is 18.3. The van der Waals surface area contributed by atoms with Crippen molar-refractivity contribution in [3.63, 3.8) is 0 Å². The summed E-state index contributed by atoms with van der Waals surface area (Å²) in [6, 6.07) is 15.1. The number of para-hydroxylation sites is 1. The Morgan fingerprint density at radius 2 is 1.62 bits per heavy atom. The van der Waals surface area contributed by atoms with Gasteiger partial charge in [-0.15, -0.1) is 0 Å². The van der Waals surface area contributed by atoms with E-state index in [9.17, 15) is 8.42 Å². The molecule has 150 valence electrons. The SMILES string of the molecule is Cc1ccc(S(=O)(=O)n2c3c(c4ccccc42)C=C2C(C)(C)CCC[C@@]23C)cc1. The smallest absolute Gasteiger partial charge is 0.236 e. The molecule has 0 bridgehead atoms. The van der Waals surface area contributed by atoms with E-state index in [0.717, 1.165) is 47.0 Å². The standard InChI is InChI=1S/C25H27NO2S/c1-17-10-12-18(13-11-17)29(27,28)26-21-9-6-5-8-19(21)20-16-22-24(2,3)14-7-15-25(22,4)23(20)26/h5-6,8-13,16H,7,14-15H2,1-4H3/t25-/m0/s1. The summed E-state index contributed by atoms with van der Waals surface area (Å²) in [5, 5.41) is 1.03. The van der Waals surface area contributed by atoms with Crippen LogP contribution < -0.4 is 0 Å². The lowest BCUT2D eigenvalue weighted by molar-refractivity contribution is 0.262. The van der Waals surface area contributed by atoms with Crippen LogP contribution in [0.5, 0.6) is 0 Å². The fourth-order valence-corrected chi connectivity index (χ4v) is 7.26. The van der Waals surface area contributed by atoms with Gasteiger partial charge in [-0.1, -0.05) is 74.7 Å². The number of fused-ring (bicyclic) bond motifs is 5. The van der Waals surface area contributed by atoms with Gasteiger partial charge in [0.15, 0.2) is 0 Å². The Kier molecular flexibility index (Phi) is 3.77. The zero-order chi connectivity index (χ0) is 20.6. The summed E-state index contributed by atoms with van der Waals surface area (Å²) in [6.45, 7) is 8.80.